The van der Waals surface area contributed by atoms with Gasteiger partial charge in [0.05, 0.1) is 11.4 Å². The summed E-state index contributed by atoms with van der Waals surface area (Å²) in [6.45, 7) is 6.74. The molecule has 0 radical (unpaired) electrons. The molecule has 0 saturated heterocycles. The summed E-state index contributed by atoms with van der Waals surface area (Å²) in [5, 5.41) is 2.60. The molecule has 9 heteroatoms. The van der Waals surface area contributed by atoms with E-state index in [0.717, 1.165) is 12.0 Å². The van der Waals surface area contributed by atoms with Crippen molar-refractivity contribution in [1.29, 1.82) is 0 Å². The molecule has 1 aliphatic rings. The predicted molar refractivity (Wildman–Crippen MR) is 130 cm³/mol. The van der Waals surface area contributed by atoms with Crippen molar-refractivity contribution >= 4 is 17.6 Å². The average molecular weight is 480 g/mol. The van der Waals surface area contributed by atoms with Crippen molar-refractivity contribution in [1.82, 2.24) is 9.36 Å². The smallest absolute Gasteiger partial charge is 0.344 e. The molecule has 2 aromatic carbocycles. The number of para-hydroxylation sites is 2. The van der Waals surface area contributed by atoms with Crippen molar-refractivity contribution in [3.8, 4) is 17.2 Å². The van der Waals surface area contributed by atoms with E-state index >= 15 is 0 Å². The first kappa shape index (κ1) is 24.1. The Kier molecular flexibility index (Phi) is 6.43. The van der Waals surface area contributed by atoms with Crippen molar-refractivity contribution in [2.24, 2.45) is 7.05 Å². The second kappa shape index (κ2) is 9.32. The average Bonchev–Trinajstić information content (AvgIpc) is 3.25. The molecule has 4 rings (SSSR count). The topological polar surface area (TPSA) is 101 Å². The Morgan fingerprint density at radius 1 is 1.14 bits per heavy atom. The molecular formula is C26H29N3O6. The van der Waals surface area contributed by atoms with Gasteiger partial charge in [-0.1, -0.05) is 30.3 Å². The molecule has 184 valence electrons. The van der Waals surface area contributed by atoms with Crippen molar-refractivity contribution in [2.75, 3.05) is 11.9 Å². The van der Waals surface area contributed by atoms with Gasteiger partial charge in [-0.3, -0.25) is 14.3 Å². The summed E-state index contributed by atoms with van der Waals surface area (Å²) in [5.74, 6) is -0.266. The lowest BCUT2D eigenvalue weighted by Crippen LogP contribution is -2.33. The van der Waals surface area contributed by atoms with E-state index < -0.39 is 18.0 Å². The van der Waals surface area contributed by atoms with Crippen molar-refractivity contribution in [2.45, 2.75) is 45.8 Å². The third kappa shape index (κ3) is 4.94. The van der Waals surface area contributed by atoms with Gasteiger partial charge in [-0.2, -0.15) is 0 Å². The highest BCUT2D eigenvalue weighted by Gasteiger charge is 2.32. The Hall–Kier alpha value is -4.01. The van der Waals surface area contributed by atoms with Crippen LogP contribution in [0.5, 0.6) is 11.5 Å². The van der Waals surface area contributed by atoms with E-state index in [1.54, 1.807) is 36.9 Å². The maximum Gasteiger partial charge on any atom is 0.344 e. The summed E-state index contributed by atoms with van der Waals surface area (Å²) in [6, 6.07) is 14.6. The van der Waals surface area contributed by atoms with E-state index in [0.29, 0.717) is 22.9 Å². The van der Waals surface area contributed by atoms with Crippen molar-refractivity contribution in [3.63, 3.8) is 0 Å². The van der Waals surface area contributed by atoms with Gasteiger partial charge < -0.3 is 19.5 Å². The Morgan fingerprint density at radius 3 is 2.57 bits per heavy atom. The quantitative estimate of drug-likeness (QED) is 0.523. The Bertz CT molecular complexity index is 1320. The fourth-order valence-corrected chi connectivity index (χ4v) is 4.06. The van der Waals surface area contributed by atoms with Gasteiger partial charge in [-0.15, -0.1) is 0 Å². The number of ether oxygens (including phenoxy) is 3. The minimum atomic E-state index is -1.13. The normalized spacial score (nSPS) is 14.5. The fraction of sp³-hybridized carbons (Fsp3) is 0.346. The van der Waals surface area contributed by atoms with Gasteiger partial charge in [-0.05, 0) is 45.9 Å². The lowest BCUT2D eigenvalue weighted by atomic mass is 10.0. The van der Waals surface area contributed by atoms with Gasteiger partial charge in [-0.25, -0.2) is 9.48 Å². The standard InChI is InChI=1S/C26H29N3O6/c1-16-22(25(32)29(28(16)5)19-11-7-6-8-12-19)27-24(31)17(2)34-21(30)15-33-20-13-9-10-18-14-26(3,4)35-23(18)20/h6-13,17H,14-15H2,1-5H3,(H,27,31)/t17-/m1/s1. The van der Waals surface area contributed by atoms with Crippen LogP contribution in [-0.2, 0) is 27.8 Å². The molecular weight excluding hydrogens is 450 g/mol. The molecule has 0 bridgehead atoms. The molecule has 1 aromatic heterocycles. The molecule has 3 aromatic rings. The number of carbonyl (C=O) groups is 2. The number of esters is 1. The molecule has 1 atom stereocenters. The number of amides is 1. The third-order valence-corrected chi connectivity index (χ3v) is 5.88. The highest BCUT2D eigenvalue weighted by atomic mass is 16.6. The largest absolute Gasteiger partial charge is 0.483 e. The number of hydrogen-bond acceptors (Lipinski definition) is 6. The summed E-state index contributed by atoms with van der Waals surface area (Å²) in [4.78, 5) is 38.0. The Morgan fingerprint density at radius 2 is 1.86 bits per heavy atom. The Labute approximate surface area is 203 Å². The van der Waals surface area contributed by atoms with Gasteiger partial charge >= 0.3 is 5.97 Å². The number of nitrogens with one attached hydrogen (secondary N) is 1. The molecule has 1 amide bonds. The van der Waals surface area contributed by atoms with E-state index in [-0.39, 0.29) is 23.5 Å². The number of fused-ring (bicyclic) bond motifs is 1. The minimum absolute atomic E-state index is 0.125. The molecule has 0 spiro atoms. The number of anilines is 1. The fourth-order valence-electron chi connectivity index (χ4n) is 4.06. The highest BCUT2D eigenvalue weighted by molar-refractivity contribution is 5.95. The number of rotatable bonds is 7. The van der Waals surface area contributed by atoms with Gasteiger partial charge in [0.2, 0.25) is 0 Å². The summed E-state index contributed by atoms with van der Waals surface area (Å²) >= 11 is 0. The van der Waals surface area contributed by atoms with Crippen LogP contribution >= 0.6 is 0 Å². The maximum atomic E-state index is 13.0. The molecule has 35 heavy (non-hydrogen) atoms. The Balaban J connectivity index is 1.38. The maximum absolute atomic E-state index is 13.0. The van der Waals surface area contributed by atoms with Crippen LogP contribution in [0.3, 0.4) is 0 Å². The van der Waals surface area contributed by atoms with Crippen LogP contribution in [-0.4, -0.2) is 39.6 Å². The first-order valence-electron chi connectivity index (χ1n) is 11.4. The number of hydrogen-bond donors (Lipinski definition) is 1. The molecule has 0 aliphatic carbocycles. The van der Waals surface area contributed by atoms with Gasteiger partial charge in [0.25, 0.3) is 11.5 Å². The van der Waals surface area contributed by atoms with Crippen LogP contribution in [0.1, 0.15) is 32.0 Å². The molecule has 0 saturated carbocycles. The molecule has 1 aliphatic heterocycles. The minimum Gasteiger partial charge on any atom is -0.483 e. The van der Waals surface area contributed by atoms with E-state index in [1.807, 2.05) is 44.2 Å². The van der Waals surface area contributed by atoms with Crippen molar-refractivity contribution in [3.05, 3.63) is 70.1 Å². The highest BCUT2D eigenvalue weighted by Crippen LogP contribution is 2.41. The zero-order valence-electron chi connectivity index (χ0n) is 20.5. The SMILES string of the molecule is Cc1c(NC(=O)[C@@H](C)OC(=O)COc2cccc3c2OC(C)(C)C3)c(=O)n(-c2ccccc2)n1C. The summed E-state index contributed by atoms with van der Waals surface area (Å²) in [7, 11) is 1.73. The number of benzene rings is 2. The summed E-state index contributed by atoms with van der Waals surface area (Å²) < 4.78 is 19.9. The van der Waals surface area contributed by atoms with Gasteiger partial charge in [0.15, 0.2) is 24.2 Å². The van der Waals surface area contributed by atoms with E-state index in [9.17, 15) is 14.4 Å². The van der Waals surface area contributed by atoms with E-state index in [4.69, 9.17) is 14.2 Å². The number of nitrogens with zero attached hydrogens (tertiary/aromatic N) is 2. The first-order chi connectivity index (χ1) is 16.6. The van der Waals surface area contributed by atoms with Crippen molar-refractivity contribution < 1.29 is 23.8 Å². The van der Waals surface area contributed by atoms with Gasteiger partial charge in [0, 0.05) is 19.0 Å². The lowest BCUT2D eigenvalue weighted by Gasteiger charge is -2.18. The molecule has 9 nitrogen and oxygen atoms in total. The number of aromatic nitrogens is 2. The molecule has 0 unspecified atom stereocenters. The van der Waals surface area contributed by atoms with Crippen LogP contribution in [0.4, 0.5) is 5.69 Å². The second-order valence-electron chi connectivity index (χ2n) is 9.13. The second-order valence-corrected chi connectivity index (χ2v) is 9.13. The zero-order chi connectivity index (χ0) is 25.3. The monoisotopic (exact) mass is 479 g/mol. The molecule has 2 heterocycles. The van der Waals surface area contributed by atoms with E-state index in [1.165, 1.54) is 11.6 Å². The van der Waals surface area contributed by atoms with Crippen LogP contribution in [0, 0.1) is 6.92 Å². The summed E-state index contributed by atoms with van der Waals surface area (Å²) in [5.41, 5.74) is 1.64. The first-order valence-corrected chi connectivity index (χ1v) is 11.4. The van der Waals surface area contributed by atoms with Crippen LogP contribution in [0.2, 0.25) is 0 Å². The van der Waals surface area contributed by atoms with Crippen LogP contribution < -0.4 is 20.3 Å². The predicted octanol–water partition coefficient (Wildman–Crippen LogP) is 3.15. The van der Waals surface area contributed by atoms with Crippen LogP contribution in [0.15, 0.2) is 53.3 Å². The summed E-state index contributed by atoms with van der Waals surface area (Å²) in [6.07, 6.45) is -0.390. The molecule has 0 fully saturated rings. The molecule has 1 N–H and O–H groups in total. The number of carbonyl (C=O) groups excluding carboxylic acids is 2. The van der Waals surface area contributed by atoms with Gasteiger partial charge in [0.1, 0.15) is 11.3 Å². The van der Waals surface area contributed by atoms with E-state index in [2.05, 4.69) is 5.32 Å². The zero-order valence-corrected chi connectivity index (χ0v) is 20.5. The lowest BCUT2D eigenvalue weighted by molar-refractivity contribution is -0.155. The third-order valence-electron chi connectivity index (χ3n) is 5.88. The van der Waals surface area contributed by atoms with Crippen LogP contribution in [0.25, 0.3) is 5.69 Å².